The monoisotopic (exact) mass is 258 g/mol. The van der Waals surface area contributed by atoms with E-state index < -0.39 is 0 Å². The lowest BCUT2D eigenvalue weighted by Gasteiger charge is -2.05. The van der Waals surface area contributed by atoms with E-state index in [1.807, 2.05) is 12.1 Å². The highest BCUT2D eigenvalue weighted by Gasteiger charge is 2.10. The summed E-state index contributed by atoms with van der Waals surface area (Å²) in [4.78, 5) is 7.75. The third-order valence-electron chi connectivity index (χ3n) is 1.87. The molecule has 2 aromatic rings. The number of rotatable bonds is 1. The number of nitrogens with zero attached hydrogens (tertiary/aromatic N) is 2. The van der Waals surface area contributed by atoms with Gasteiger partial charge in [0.05, 0.1) is 5.56 Å². The Hall–Kier alpha value is -0.830. The maximum atomic E-state index is 5.94. The molecule has 0 aliphatic heterocycles. The van der Waals surface area contributed by atoms with Gasteiger partial charge in [-0.15, -0.1) is 0 Å². The summed E-state index contributed by atoms with van der Waals surface area (Å²) in [7, 11) is 0. The van der Waals surface area contributed by atoms with Gasteiger partial charge in [-0.3, -0.25) is 0 Å². The van der Waals surface area contributed by atoms with Gasteiger partial charge >= 0.3 is 0 Å². The molecule has 0 atom stereocenters. The van der Waals surface area contributed by atoms with Crippen LogP contribution in [0.5, 0.6) is 0 Å². The fraction of sp³-hybridized carbons (Fsp3) is 0. The van der Waals surface area contributed by atoms with Crippen molar-refractivity contribution in [3.05, 3.63) is 45.9 Å². The number of benzene rings is 1. The summed E-state index contributed by atoms with van der Waals surface area (Å²) >= 11 is 17.7. The first-order valence-electron chi connectivity index (χ1n) is 4.10. The number of hydrogen-bond donors (Lipinski definition) is 0. The van der Waals surface area contributed by atoms with Crippen LogP contribution in [0.4, 0.5) is 0 Å². The summed E-state index contributed by atoms with van der Waals surface area (Å²) < 4.78 is 0. The molecule has 0 spiro atoms. The van der Waals surface area contributed by atoms with Crippen molar-refractivity contribution >= 4 is 34.8 Å². The molecule has 1 heterocycles. The molecule has 0 amide bonds. The summed E-state index contributed by atoms with van der Waals surface area (Å²) in [6.07, 6.45) is 1.32. The van der Waals surface area contributed by atoms with E-state index in [0.29, 0.717) is 20.9 Å². The molecule has 0 saturated heterocycles. The van der Waals surface area contributed by atoms with Crippen LogP contribution in [0.25, 0.3) is 11.1 Å². The van der Waals surface area contributed by atoms with E-state index in [2.05, 4.69) is 9.97 Å². The second kappa shape index (κ2) is 4.35. The first-order chi connectivity index (χ1) is 7.18. The Labute approximate surface area is 102 Å². The van der Waals surface area contributed by atoms with E-state index in [-0.39, 0.29) is 0 Å². The van der Waals surface area contributed by atoms with Crippen molar-refractivity contribution in [2.45, 2.75) is 0 Å². The fourth-order valence-electron chi connectivity index (χ4n) is 1.23. The molecular formula is C10H5Cl3N2. The Morgan fingerprint density at radius 1 is 0.933 bits per heavy atom. The number of aromatic nitrogens is 2. The Kier molecular flexibility index (Phi) is 3.10. The van der Waals surface area contributed by atoms with Crippen LogP contribution in [0, 0.1) is 0 Å². The number of halogens is 3. The molecule has 15 heavy (non-hydrogen) atoms. The second-order valence-electron chi connectivity index (χ2n) is 2.84. The molecule has 2 nitrogen and oxygen atoms in total. The van der Waals surface area contributed by atoms with Gasteiger partial charge < -0.3 is 0 Å². The predicted molar refractivity (Wildman–Crippen MR) is 62.5 cm³/mol. The lowest BCUT2D eigenvalue weighted by Crippen LogP contribution is -1.88. The van der Waals surface area contributed by atoms with Crippen LogP contribution in [0.1, 0.15) is 0 Å². The van der Waals surface area contributed by atoms with Crippen LogP contribution < -0.4 is 0 Å². The first kappa shape index (κ1) is 10.7. The van der Waals surface area contributed by atoms with Crippen molar-refractivity contribution in [2.24, 2.45) is 0 Å². The largest absolute Gasteiger partial charge is 0.224 e. The average molecular weight is 260 g/mol. The standard InChI is InChI=1S/C10H5Cl3N2/c11-7-3-1-2-6(4-7)8-9(12)14-5-15-10(8)13/h1-5H. The minimum atomic E-state index is 0.317. The van der Waals surface area contributed by atoms with Crippen molar-refractivity contribution in [2.75, 3.05) is 0 Å². The van der Waals surface area contributed by atoms with Crippen molar-refractivity contribution < 1.29 is 0 Å². The van der Waals surface area contributed by atoms with E-state index in [4.69, 9.17) is 34.8 Å². The maximum Gasteiger partial charge on any atom is 0.141 e. The number of hydrogen-bond acceptors (Lipinski definition) is 2. The van der Waals surface area contributed by atoms with Crippen LogP contribution in [-0.4, -0.2) is 9.97 Å². The molecule has 0 N–H and O–H groups in total. The highest BCUT2D eigenvalue weighted by atomic mass is 35.5. The second-order valence-corrected chi connectivity index (χ2v) is 3.99. The maximum absolute atomic E-state index is 5.94. The van der Waals surface area contributed by atoms with E-state index >= 15 is 0 Å². The molecule has 1 aromatic heterocycles. The summed E-state index contributed by atoms with van der Waals surface area (Å²) in [5.74, 6) is 0. The van der Waals surface area contributed by atoms with E-state index in [0.717, 1.165) is 5.56 Å². The fourth-order valence-corrected chi connectivity index (χ4v) is 1.95. The molecule has 0 aliphatic carbocycles. The molecule has 0 saturated carbocycles. The van der Waals surface area contributed by atoms with Crippen molar-refractivity contribution in [1.29, 1.82) is 0 Å². The van der Waals surface area contributed by atoms with E-state index in [1.54, 1.807) is 12.1 Å². The zero-order chi connectivity index (χ0) is 10.8. The van der Waals surface area contributed by atoms with Crippen molar-refractivity contribution in [3.63, 3.8) is 0 Å². The zero-order valence-electron chi connectivity index (χ0n) is 7.42. The smallest absolute Gasteiger partial charge is 0.141 e. The molecular weight excluding hydrogens is 254 g/mol. The van der Waals surface area contributed by atoms with Gasteiger partial charge in [0.15, 0.2) is 0 Å². The molecule has 2 rings (SSSR count). The predicted octanol–water partition coefficient (Wildman–Crippen LogP) is 4.10. The summed E-state index contributed by atoms with van der Waals surface area (Å²) in [5, 5.41) is 1.25. The highest BCUT2D eigenvalue weighted by molar-refractivity contribution is 6.37. The quantitative estimate of drug-likeness (QED) is 0.721. The topological polar surface area (TPSA) is 25.8 Å². The SMILES string of the molecule is Clc1cccc(-c2c(Cl)ncnc2Cl)c1. The summed E-state index contributed by atoms with van der Waals surface area (Å²) in [6.45, 7) is 0. The van der Waals surface area contributed by atoms with Crippen LogP contribution in [0.3, 0.4) is 0 Å². The normalized spacial score (nSPS) is 10.3. The van der Waals surface area contributed by atoms with Crippen LogP contribution in [-0.2, 0) is 0 Å². The Balaban J connectivity index is 2.63. The van der Waals surface area contributed by atoms with Gasteiger partial charge in [-0.25, -0.2) is 9.97 Å². The Bertz CT molecular complexity index is 480. The van der Waals surface area contributed by atoms with Gasteiger partial charge in [0, 0.05) is 5.02 Å². The zero-order valence-corrected chi connectivity index (χ0v) is 9.68. The van der Waals surface area contributed by atoms with Gasteiger partial charge in [0.25, 0.3) is 0 Å². The van der Waals surface area contributed by atoms with Gasteiger partial charge in [0.1, 0.15) is 16.6 Å². The van der Waals surface area contributed by atoms with Gasteiger partial charge in [-0.1, -0.05) is 46.9 Å². The molecule has 0 radical (unpaired) electrons. The molecule has 1 aromatic carbocycles. The Morgan fingerprint density at radius 3 is 2.20 bits per heavy atom. The lowest BCUT2D eigenvalue weighted by molar-refractivity contribution is 1.17. The molecule has 76 valence electrons. The summed E-state index contributed by atoms with van der Waals surface area (Å²) in [5.41, 5.74) is 1.40. The Morgan fingerprint density at radius 2 is 1.60 bits per heavy atom. The van der Waals surface area contributed by atoms with Crippen LogP contribution in [0.2, 0.25) is 15.3 Å². The molecule has 0 bridgehead atoms. The summed E-state index contributed by atoms with van der Waals surface area (Å²) in [6, 6.07) is 7.20. The van der Waals surface area contributed by atoms with Gasteiger partial charge in [-0.05, 0) is 17.7 Å². The molecule has 0 fully saturated rings. The third-order valence-corrected chi connectivity index (χ3v) is 2.68. The first-order valence-corrected chi connectivity index (χ1v) is 5.24. The third kappa shape index (κ3) is 2.23. The minimum absolute atomic E-state index is 0.317. The van der Waals surface area contributed by atoms with Gasteiger partial charge in [0.2, 0.25) is 0 Å². The van der Waals surface area contributed by atoms with E-state index in [9.17, 15) is 0 Å². The highest BCUT2D eigenvalue weighted by Crippen LogP contribution is 2.32. The molecule has 0 aliphatic rings. The minimum Gasteiger partial charge on any atom is -0.224 e. The van der Waals surface area contributed by atoms with Crippen molar-refractivity contribution in [1.82, 2.24) is 9.97 Å². The van der Waals surface area contributed by atoms with E-state index in [1.165, 1.54) is 6.33 Å². The average Bonchev–Trinajstić information content (AvgIpc) is 2.17. The van der Waals surface area contributed by atoms with Crippen LogP contribution >= 0.6 is 34.8 Å². The van der Waals surface area contributed by atoms with Gasteiger partial charge in [-0.2, -0.15) is 0 Å². The molecule has 5 heteroatoms. The van der Waals surface area contributed by atoms with Crippen molar-refractivity contribution in [3.8, 4) is 11.1 Å². The molecule has 0 unspecified atom stereocenters. The lowest BCUT2D eigenvalue weighted by atomic mass is 10.1. The van der Waals surface area contributed by atoms with Crippen LogP contribution in [0.15, 0.2) is 30.6 Å².